The van der Waals surface area contributed by atoms with Crippen molar-refractivity contribution in [2.24, 2.45) is 0 Å². The average Bonchev–Trinajstić information content (AvgIpc) is 3.00. The minimum Gasteiger partial charge on any atom is -0.339 e. The molecule has 0 amide bonds. The Labute approximate surface area is 111 Å². The van der Waals surface area contributed by atoms with E-state index in [0.29, 0.717) is 23.3 Å². The molecule has 2 atom stereocenters. The number of rotatable bonds is 2. The lowest BCUT2D eigenvalue weighted by Gasteiger charge is -2.08. The zero-order chi connectivity index (χ0) is 13.4. The van der Waals surface area contributed by atoms with Crippen molar-refractivity contribution < 1.29 is 8.91 Å². The van der Waals surface area contributed by atoms with Crippen LogP contribution < -0.4 is 5.32 Å². The van der Waals surface area contributed by atoms with Crippen LogP contribution in [-0.4, -0.2) is 22.7 Å². The molecule has 19 heavy (non-hydrogen) atoms. The number of nitrogens with one attached hydrogen (secondary N) is 1. The van der Waals surface area contributed by atoms with E-state index in [2.05, 4.69) is 22.4 Å². The van der Waals surface area contributed by atoms with E-state index in [-0.39, 0.29) is 11.7 Å². The van der Waals surface area contributed by atoms with Crippen LogP contribution in [-0.2, 0) is 0 Å². The second-order valence-corrected chi connectivity index (χ2v) is 5.05. The summed E-state index contributed by atoms with van der Waals surface area (Å²) in [6, 6.07) is 4.94. The fourth-order valence-corrected chi connectivity index (χ4v) is 2.53. The second kappa shape index (κ2) is 4.74. The quantitative estimate of drug-likeness (QED) is 0.903. The first-order valence-electron chi connectivity index (χ1n) is 6.48. The first-order chi connectivity index (χ1) is 9.15. The number of aryl methyl sites for hydroxylation is 1. The third-order valence-electron chi connectivity index (χ3n) is 3.72. The van der Waals surface area contributed by atoms with Gasteiger partial charge in [0, 0.05) is 11.6 Å². The van der Waals surface area contributed by atoms with Crippen molar-refractivity contribution >= 4 is 0 Å². The van der Waals surface area contributed by atoms with Crippen molar-refractivity contribution in [3.63, 3.8) is 0 Å². The molecular weight excluding hydrogens is 245 g/mol. The molecule has 1 aromatic heterocycles. The van der Waals surface area contributed by atoms with E-state index in [1.54, 1.807) is 6.07 Å². The number of hydrogen-bond acceptors (Lipinski definition) is 4. The largest absolute Gasteiger partial charge is 0.339 e. The number of benzene rings is 1. The van der Waals surface area contributed by atoms with Gasteiger partial charge in [0.25, 0.3) is 0 Å². The summed E-state index contributed by atoms with van der Waals surface area (Å²) < 4.78 is 18.7. The summed E-state index contributed by atoms with van der Waals surface area (Å²) in [5, 5.41) is 7.34. The summed E-state index contributed by atoms with van der Waals surface area (Å²) >= 11 is 0. The zero-order valence-electron chi connectivity index (χ0n) is 11.0. The van der Waals surface area contributed by atoms with Gasteiger partial charge in [-0.05, 0) is 44.5 Å². The van der Waals surface area contributed by atoms with Gasteiger partial charge in [0.05, 0.1) is 5.92 Å². The molecule has 0 radical (unpaired) electrons. The summed E-state index contributed by atoms with van der Waals surface area (Å²) in [4.78, 5) is 4.43. The van der Waals surface area contributed by atoms with Gasteiger partial charge in [0.1, 0.15) is 5.82 Å². The normalized spacial score (nSPS) is 22.9. The van der Waals surface area contributed by atoms with Crippen molar-refractivity contribution in [2.75, 3.05) is 6.54 Å². The average molecular weight is 261 g/mol. The molecular formula is C14H16FN3O. The van der Waals surface area contributed by atoms with Crippen LogP contribution in [0.3, 0.4) is 0 Å². The van der Waals surface area contributed by atoms with E-state index < -0.39 is 0 Å². The summed E-state index contributed by atoms with van der Waals surface area (Å²) in [5.41, 5.74) is 1.62. The number of halogens is 1. The Kier molecular flexibility index (Phi) is 3.06. The van der Waals surface area contributed by atoms with Crippen LogP contribution in [0.15, 0.2) is 22.7 Å². The Morgan fingerprint density at radius 2 is 2.26 bits per heavy atom. The van der Waals surface area contributed by atoms with Crippen LogP contribution in [0, 0.1) is 12.7 Å². The van der Waals surface area contributed by atoms with Gasteiger partial charge in [-0.3, -0.25) is 0 Å². The second-order valence-electron chi connectivity index (χ2n) is 5.05. The molecule has 2 unspecified atom stereocenters. The molecule has 3 rings (SSSR count). The van der Waals surface area contributed by atoms with Crippen molar-refractivity contribution in [3.8, 4) is 11.4 Å². The first-order valence-corrected chi connectivity index (χ1v) is 6.48. The Bertz CT molecular complexity index is 596. The molecule has 1 fully saturated rings. The molecule has 1 aliphatic rings. The highest BCUT2D eigenvalue weighted by molar-refractivity contribution is 5.59. The number of aromatic nitrogens is 2. The van der Waals surface area contributed by atoms with Crippen LogP contribution in [0.1, 0.15) is 30.7 Å². The van der Waals surface area contributed by atoms with Crippen LogP contribution >= 0.6 is 0 Å². The fraction of sp³-hybridized carbons (Fsp3) is 0.429. The van der Waals surface area contributed by atoms with E-state index in [9.17, 15) is 4.39 Å². The summed E-state index contributed by atoms with van der Waals surface area (Å²) in [7, 11) is 0. The minimum atomic E-state index is -0.289. The highest BCUT2D eigenvalue weighted by atomic mass is 19.1. The molecule has 0 saturated carbocycles. The molecule has 4 nitrogen and oxygen atoms in total. The van der Waals surface area contributed by atoms with E-state index in [0.717, 1.165) is 18.5 Å². The van der Waals surface area contributed by atoms with Crippen molar-refractivity contribution in [1.82, 2.24) is 15.5 Å². The van der Waals surface area contributed by atoms with Crippen molar-refractivity contribution in [2.45, 2.75) is 32.2 Å². The third kappa shape index (κ3) is 2.26. The fourth-order valence-electron chi connectivity index (χ4n) is 2.53. The summed E-state index contributed by atoms with van der Waals surface area (Å²) in [6.07, 6.45) is 0.991. The standard InChI is InChI=1S/C14H16FN3O/c1-8-3-4-10(15)7-12(8)13-17-14(19-18-13)11-5-6-16-9(11)2/h3-4,7,9,11,16H,5-6H2,1-2H3. The smallest absolute Gasteiger partial charge is 0.231 e. The Morgan fingerprint density at radius 3 is 3.00 bits per heavy atom. The molecule has 1 saturated heterocycles. The summed E-state index contributed by atoms with van der Waals surface area (Å²) in [5.74, 6) is 1.06. The van der Waals surface area contributed by atoms with Gasteiger partial charge >= 0.3 is 0 Å². The molecule has 1 aromatic carbocycles. The topological polar surface area (TPSA) is 51.0 Å². The first kappa shape index (κ1) is 12.3. The van der Waals surface area contributed by atoms with Crippen molar-refractivity contribution in [3.05, 3.63) is 35.5 Å². The maximum atomic E-state index is 13.3. The Morgan fingerprint density at radius 1 is 1.42 bits per heavy atom. The molecule has 2 heterocycles. The van der Waals surface area contributed by atoms with Gasteiger partial charge in [0.15, 0.2) is 0 Å². The van der Waals surface area contributed by atoms with Gasteiger partial charge in [-0.2, -0.15) is 4.98 Å². The molecule has 0 bridgehead atoms. The van der Waals surface area contributed by atoms with Gasteiger partial charge in [-0.1, -0.05) is 11.2 Å². The number of hydrogen-bond donors (Lipinski definition) is 1. The highest BCUT2D eigenvalue weighted by Crippen LogP contribution is 2.29. The molecule has 100 valence electrons. The highest BCUT2D eigenvalue weighted by Gasteiger charge is 2.29. The maximum absolute atomic E-state index is 13.3. The lowest BCUT2D eigenvalue weighted by molar-refractivity contribution is 0.345. The molecule has 0 spiro atoms. The van der Waals surface area contributed by atoms with Gasteiger partial charge in [0.2, 0.25) is 11.7 Å². The van der Waals surface area contributed by atoms with E-state index in [1.807, 2.05) is 6.92 Å². The van der Waals surface area contributed by atoms with E-state index in [1.165, 1.54) is 12.1 Å². The van der Waals surface area contributed by atoms with Crippen LogP contribution in [0.4, 0.5) is 4.39 Å². The Balaban J connectivity index is 1.94. The SMILES string of the molecule is Cc1ccc(F)cc1-c1noc(C2CCNC2C)n1. The van der Waals surface area contributed by atoms with Crippen LogP contribution in [0.25, 0.3) is 11.4 Å². The molecule has 2 aromatic rings. The molecule has 0 aliphatic carbocycles. The van der Waals surface area contributed by atoms with E-state index in [4.69, 9.17) is 4.52 Å². The molecule has 1 aliphatic heterocycles. The lowest BCUT2D eigenvalue weighted by atomic mass is 10.0. The zero-order valence-corrected chi connectivity index (χ0v) is 11.0. The molecule has 1 N–H and O–H groups in total. The predicted molar refractivity (Wildman–Crippen MR) is 69.3 cm³/mol. The molecule has 5 heteroatoms. The number of nitrogens with zero attached hydrogens (tertiary/aromatic N) is 2. The third-order valence-corrected chi connectivity index (χ3v) is 3.72. The van der Waals surface area contributed by atoms with Crippen LogP contribution in [0.2, 0.25) is 0 Å². The summed E-state index contributed by atoms with van der Waals surface area (Å²) in [6.45, 7) is 4.97. The minimum absolute atomic E-state index is 0.245. The van der Waals surface area contributed by atoms with Crippen LogP contribution in [0.5, 0.6) is 0 Å². The van der Waals surface area contributed by atoms with Gasteiger partial charge < -0.3 is 9.84 Å². The Hall–Kier alpha value is -1.75. The van der Waals surface area contributed by atoms with Gasteiger partial charge in [-0.15, -0.1) is 0 Å². The van der Waals surface area contributed by atoms with Gasteiger partial charge in [-0.25, -0.2) is 4.39 Å². The predicted octanol–water partition coefficient (Wildman–Crippen LogP) is 2.65. The van der Waals surface area contributed by atoms with E-state index >= 15 is 0 Å². The van der Waals surface area contributed by atoms with Crippen molar-refractivity contribution in [1.29, 1.82) is 0 Å². The monoisotopic (exact) mass is 261 g/mol. The lowest BCUT2D eigenvalue weighted by Crippen LogP contribution is -2.21. The maximum Gasteiger partial charge on any atom is 0.231 e.